The smallest absolute Gasteiger partial charge is 0.409 e. The van der Waals surface area contributed by atoms with Gasteiger partial charge >= 0.3 is 36.2 Å². The minimum Gasteiger partial charge on any atom is -0.495 e. The first-order valence-electron chi connectivity index (χ1n) is 43.7. The maximum atomic E-state index is 13.9. The van der Waals surface area contributed by atoms with E-state index in [1.807, 2.05) is 110 Å². The van der Waals surface area contributed by atoms with Crippen LogP contribution >= 0.6 is 47.8 Å². The van der Waals surface area contributed by atoms with Crippen molar-refractivity contribution in [2.45, 2.75) is 276 Å². The van der Waals surface area contributed by atoms with Crippen LogP contribution in [0.2, 0.25) is 0 Å². The molecule has 132 heavy (non-hydrogen) atoms. The number of rotatable bonds is 12. The molecule has 12 rings (SSSR count). The molecule has 6 N–H and O–H groups in total. The standard InChI is InChI=1S/C33H45BrN2O9.C32H43BrN2O9.C30H39BrN2O9.CH4/c1-18(2)12-28(38)44-26-16-27(37)36(6)22-14-21(15-23(41-7)29(22)34)13-19(3)10-9-11-25(42-8)33(40)17-24(43-31(39)35-33)20(4)30-32(26,5)45-30;1-17(2)29(37)43-25-15-26(36)35(6)21-13-20(14-22(40-7)27(21)33)12-18(3)10-9-11-24(41-8)32(39)16-23(42-30(38)34-32)19(4)28-31(25,5)44-28;1-16-9-8-10-23(39-7)30(37)15-22(41-28(36)32-30)17(2)27-29(4,42-27)24(40-18(3)34)14-25(35)33(5)20-12-19(11-16)13-21(38-6)26(20)31;/h9-11,14-15,18,20,24-26,30,40H,12-13,16-17H2,1-8H3,(H,35,39);9-11,13-14,17,19,23-25,28,39H,12,15-16H2,1-8H3,(H,34,38);8-10,12-13,17,22-24,27,37H,11,14-15H2,1-7H3,(H,32,36);1H4/b11-9+,19-10+;11-9+,18-10+;10-8+,16-9+;/t20-,24+,25-,26+,30+,32+,33+;19-,23+,24-,25+,28+,31+,32+;17-,22+,23-,24+,27+,29+,30+;/m111./s1. The number of amides is 6. The number of hydrogen-bond donors (Lipinski definition) is 6. The van der Waals surface area contributed by atoms with Crippen molar-refractivity contribution in [2.24, 2.45) is 29.6 Å². The molecular formula is C96H131Br3N6O27. The zero-order chi connectivity index (χ0) is 96.8. The predicted octanol–water partition coefficient (Wildman–Crippen LogP) is 13.7. The van der Waals surface area contributed by atoms with E-state index in [-0.39, 0.29) is 76.0 Å². The minimum atomic E-state index is -1.76. The summed E-state index contributed by atoms with van der Waals surface area (Å²) in [7, 11) is 14.0. The summed E-state index contributed by atoms with van der Waals surface area (Å²) in [6.45, 7) is 25.3. The van der Waals surface area contributed by atoms with Crippen molar-refractivity contribution in [1.29, 1.82) is 0 Å². The summed E-state index contributed by atoms with van der Waals surface area (Å²) in [5.74, 6) is -2.30. The third-order valence-corrected chi connectivity index (χ3v) is 28.1. The highest BCUT2D eigenvalue weighted by molar-refractivity contribution is 9.11. The van der Waals surface area contributed by atoms with Gasteiger partial charge < -0.3 is 101 Å². The summed E-state index contributed by atoms with van der Waals surface area (Å²) >= 11 is 10.8. The molecule has 3 aromatic carbocycles. The lowest BCUT2D eigenvalue weighted by molar-refractivity contribution is -0.158. The average molecular weight is 2040 g/mol. The third kappa shape index (κ3) is 24.7. The van der Waals surface area contributed by atoms with E-state index in [4.69, 9.17) is 71.1 Å². The lowest BCUT2D eigenvalue weighted by atomic mass is 9.83. The SMILES string of the molecule is C.COc1cc2cc(c1Br)N(C)C(=O)C[C@H](OC(=O)C(C)C)[C@]1(C)O[C@H]1[C@H](C)[C@@H]1C[C@@](O)(NC(=O)O1)[C@H](OC)/C=C/C=C(\C)C2.COc1cc2cc(c1Br)N(C)C(=O)C[C@H](OC(=O)CC(C)C)[C@]1(C)O[C@H]1[C@H](C)[C@@H]1C[C@@](O)(NC(=O)O1)[C@H](OC)/C=C/C=C(\C)C2.COc1cc2cc(c1Br)N(C)C(=O)C[C@H](OC(C)=O)[C@]1(C)O[C@H]1[C@H](C)[C@@H]1C[C@@](O)(NC(=O)O1)[C@H](OC)/C=C/C=C(\C)C2. The Morgan fingerprint density at radius 3 is 1.01 bits per heavy atom. The highest BCUT2D eigenvalue weighted by Gasteiger charge is 2.68. The number of epoxide rings is 3. The number of methoxy groups -OCH3 is 6. The quantitative estimate of drug-likeness (QED) is 0.0557. The van der Waals surface area contributed by atoms with Crippen LogP contribution in [0.5, 0.6) is 17.2 Å². The van der Waals surface area contributed by atoms with E-state index in [1.54, 1.807) is 114 Å². The summed E-state index contributed by atoms with van der Waals surface area (Å²) < 4.78 is 88.3. The molecule has 6 fully saturated rings. The van der Waals surface area contributed by atoms with Gasteiger partial charge in [-0.05, 0) is 168 Å². The van der Waals surface area contributed by atoms with E-state index in [0.29, 0.717) is 67.0 Å². The van der Waals surface area contributed by atoms with E-state index in [0.717, 1.165) is 33.4 Å². The van der Waals surface area contributed by atoms with Gasteiger partial charge in [-0.1, -0.05) is 127 Å². The van der Waals surface area contributed by atoms with Crippen LogP contribution in [0.15, 0.2) is 121 Å². The zero-order valence-electron chi connectivity index (χ0n) is 78.7. The lowest BCUT2D eigenvalue weighted by Gasteiger charge is -2.42. The largest absolute Gasteiger partial charge is 0.495 e. The summed E-state index contributed by atoms with van der Waals surface area (Å²) in [6.07, 6.45) is 5.81. The molecule has 0 aliphatic carbocycles. The molecule has 728 valence electrons. The van der Waals surface area contributed by atoms with Crippen molar-refractivity contribution in [3.05, 3.63) is 138 Å². The van der Waals surface area contributed by atoms with Gasteiger partial charge in [0, 0.05) is 92.8 Å². The molecule has 6 amide bonds. The number of nitrogens with one attached hydrogen (secondary N) is 3. The number of benzene rings is 3. The molecule has 9 heterocycles. The second kappa shape index (κ2) is 43.9. The van der Waals surface area contributed by atoms with Crippen molar-refractivity contribution >= 4 is 119 Å². The monoisotopic (exact) mass is 2040 g/mol. The van der Waals surface area contributed by atoms with Gasteiger partial charge in [-0.15, -0.1) is 0 Å². The van der Waals surface area contributed by atoms with Gasteiger partial charge in [-0.2, -0.15) is 0 Å². The number of allylic oxidation sites excluding steroid dienone is 9. The van der Waals surface area contributed by atoms with Crippen LogP contribution in [0.3, 0.4) is 0 Å². The molecule has 33 nitrogen and oxygen atoms in total. The normalized spacial score (nSPS) is 34.5. The van der Waals surface area contributed by atoms with Crippen LogP contribution in [0.25, 0.3) is 0 Å². The fourth-order valence-corrected chi connectivity index (χ4v) is 19.8. The first kappa shape index (κ1) is 107. The summed E-state index contributed by atoms with van der Waals surface area (Å²) in [5, 5.41) is 42.3. The molecule has 6 saturated heterocycles. The molecule has 21 atom stereocenters. The first-order valence-corrected chi connectivity index (χ1v) is 46.1. The number of carbonyl (C=O) groups is 9. The number of anilines is 3. The Hall–Kier alpha value is -8.79. The Labute approximate surface area is 798 Å². The van der Waals surface area contributed by atoms with Crippen LogP contribution in [0.4, 0.5) is 31.4 Å². The van der Waals surface area contributed by atoms with Crippen molar-refractivity contribution in [3.63, 3.8) is 0 Å². The highest BCUT2D eigenvalue weighted by Crippen LogP contribution is 2.54. The third-order valence-electron chi connectivity index (χ3n) is 25.7. The second-order valence-corrected chi connectivity index (χ2v) is 39.0. The fourth-order valence-electron chi connectivity index (χ4n) is 17.8. The molecule has 36 heteroatoms. The Morgan fingerprint density at radius 1 is 0.470 bits per heavy atom. The summed E-state index contributed by atoms with van der Waals surface area (Å²) in [6, 6.07) is 11.4. The fraction of sp³-hybridized carbons (Fsp3) is 0.594. The van der Waals surface area contributed by atoms with Gasteiger partial charge in [0.1, 0.15) is 89.0 Å². The number of halogens is 3. The molecule has 9 aliphatic rings. The lowest BCUT2D eigenvalue weighted by Crippen LogP contribution is -2.63. The number of fused-ring (bicyclic) bond motifs is 15. The minimum absolute atomic E-state index is 0. The van der Waals surface area contributed by atoms with Gasteiger partial charge in [0.15, 0.2) is 17.2 Å². The van der Waals surface area contributed by atoms with Crippen LogP contribution in [0.1, 0.15) is 166 Å². The number of hydrogen-bond acceptors (Lipinski definition) is 27. The first-order chi connectivity index (χ1) is 61.5. The molecule has 0 spiro atoms. The molecule has 12 bridgehead atoms. The van der Waals surface area contributed by atoms with Crippen LogP contribution < -0.4 is 44.9 Å². The number of carbonyl (C=O) groups excluding carboxylic acids is 9. The molecular weight excluding hydrogens is 1910 g/mol. The maximum absolute atomic E-state index is 13.9. The Kier molecular flexibility index (Phi) is 35.6. The summed E-state index contributed by atoms with van der Waals surface area (Å²) in [4.78, 5) is 122. The topological polar surface area (TPSA) is 408 Å². The Morgan fingerprint density at radius 2 is 0.750 bits per heavy atom. The maximum Gasteiger partial charge on any atom is 0.409 e. The van der Waals surface area contributed by atoms with E-state index in [1.165, 1.54) is 43.0 Å². The molecule has 3 aromatic rings. The van der Waals surface area contributed by atoms with Crippen molar-refractivity contribution in [3.8, 4) is 17.2 Å². The van der Waals surface area contributed by atoms with Gasteiger partial charge in [0.05, 0.1) is 95.3 Å². The molecule has 0 radical (unpaired) electrons. The molecule has 0 aromatic heterocycles. The second-order valence-electron chi connectivity index (χ2n) is 36.6. The van der Waals surface area contributed by atoms with Crippen molar-refractivity contribution < 1.29 is 130 Å². The zero-order valence-corrected chi connectivity index (χ0v) is 83.4. The molecule has 0 saturated carbocycles. The van der Waals surface area contributed by atoms with Gasteiger partial charge in [-0.25, -0.2) is 14.4 Å². The molecule has 0 unspecified atom stereocenters. The average Bonchev–Trinajstić information content (AvgIpc) is 1.58. The Balaban J connectivity index is 0.000000222. The highest BCUT2D eigenvalue weighted by atomic mass is 79.9. The number of esters is 3. The predicted molar refractivity (Wildman–Crippen MR) is 501 cm³/mol. The molecule has 9 aliphatic heterocycles. The van der Waals surface area contributed by atoms with Crippen LogP contribution in [-0.2, 0) is 105 Å². The van der Waals surface area contributed by atoms with Gasteiger partial charge in [-0.3, -0.25) is 44.7 Å². The number of aliphatic hydroxyl groups is 3. The van der Waals surface area contributed by atoms with Crippen molar-refractivity contribution in [1.82, 2.24) is 16.0 Å². The number of ether oxygens (including phenoxy) is 15. The van der Waals surface area contributed by atoms with E-state index >= 15 is 0 Å². The van der Waals surface area contributed by atoms with Crippen LogP contribution in [0, 0.1) is 29.6 Å². The number of alkyl carbamates (subject to hydrolysis) is 3. The van der Waals surface area contributed by atoms with E-state index in [9.17, 15) is 58.5 Å². The van der Waals surface area contributed by atoms with E-state index in [2.05, 4.69) is 63.7 Å². The summed E-state index contributed by atoms with van der Waals surface area (Å²) in [5.41, 5.74) is -0.942. The Bertz CT molecular complexity index is 4960. The number of nitrogens with zero attached hydrogens (tertiary/aromatic N) is 3. The van der Waals surface area contributed by atoms with E-state index < -0.39 is 167 Å². The van der Waals surface area contributed by atoms with Gasteiger partial charge in [0.2, 0.25) is 17.7 Å². The van der Waals surface area contributed by atoms with Gasteiger partial charge in [0.25, 0.3) is 0 Å². The van der Waals surface area contributed by atoms with Crippen molar-refractivity contribution in [2.75, 3.05) is 78.5 Å². The van der Waals surface area contributed by atoms with Crippen LogP contribution in [-0.4, -0.2) is 240 Å².